The molecule has 5 heteroatoms. The molecule has 0 bridgehead atoms. The quantitative estimate of drug-likeness (QED) is 0.354. The molecule has 1 aromatic heterocycles. The molecular formula is C25H18ClN3O. The number of aromatic amines is 1. The lowest BCUT2D eigenvalue weighted by Gasteiger charge is -2.10. The molecular weight excluding hydrogens is 394 g/mol. The predicted octanol–water partition coefficient (Wildman–Crippen LogP) is 6.04. The van der Waals surface area contributed by atoms with Gasteiger partial charge >= 0.3 is 0 Å². The van der Waals surface area contributed by atoms with E-state index in [1.54, 1.807) is 0 Å². The highest BCUT2D eigenvalue weighted by Gasteiger charge is 2.14. The second-order valence-electron chi connectivity index (χ2n) is 7.31. The lowest BCUT2D eigenvalue weighted by molar-refractivity contribution is 0.0994. The van der Waals surface area contributed by atoms with Crippen molar-refractivity contribution in [3.05, 3.63) is 95.0 Å². The van der Waals surface area contributed by atoms with E-state index in [0.29, 0.717) is 22.8 Å². The molecule has 4 aromatic carbocycles. The predicted molar refractivity (Wildman–Crippen MR) is 123 cm³/mol. The van der Waals surface area contributed by atoms with E-state index in [0.717, 1.165) is 38.4 Å². The van der Waals surface area contributed by atoms with Gasteiger partial charge in [0.15, 0.2) is 11.6 Å². The molecule has 5 aromatic rings. The minimum Gasteiger partial charge on any atom is -0.382 e. The van der Waals surface area contributed by atoms with Crippen LogP contribution < -0.4 is 5.73 Å². The van der Waals surface area contributed by atoms with Crippen LogP contribution in [0.2, 0.25) is 5.02 Å². The number of rotatable bonds is 4. The Labute approximate surface area is 178 Å². The highest BCUT2D eigenvalue weighted by atomic mass is 35.5. The first-order valence-corrected chi connectivity index (χ1v) is 10.0. The number of nitrogens with one attached hydrogen (secondary N) is 1. The maximum absolute atomic E-state index is 13.0. The molecule has 0 atom stereocenters. The van der Waals surface area contributed by atoms with Gasteiger partial charge in [-0.1, -0.05) is 66.2 Å². The Hall–Kier alpha value is -3.63. The van der Waals surface area contributed by atoms with Crippen LogP contribution in [-0.2, 0) is 6.42 Å². The number of benzene rings is 4. The molecule has 0 radical (unpaired) electrons. The lowest BCUT2D eigenvalue weighted by Crippen LogP contribution is -2.04. The Balaban J connectivity index is 1.57. The number of Topliss-reactive ketones (excluding diaryl/α,β-unsaturated/α-hetero) is 1. The van der Waals surface area contributed by atoms with Gasteiger partial charge in [0, 0.05) is 17.0 Å². The van der Waals surface area contributed by atoms with Gasteiger partial charge in [-0.2, -0.15) is 5.10 Å². The van der Waals surface area contributed by atoms with Crippen molar-refractivity contribution in [3.63, 3.8) is 0 Å². The molecule has 5 rings (SSSR count). The summed E-state index contributed by atoms with van der Waals surface area (Å²) in [4.78, 5) is 13.0. The second kappa shape index (κ2) is 7.32. The van der Waals surface area contributed by atoms with Gasteiger partial charge < -0.3 is 5.73 Å². The van der Waals surface area contributed by atoms with E-state index >= 15 is 0 Å². The topological polar surface area (TPSA) is 71.8 Å². The van der Waals surface area contributed by atoms with Gasteiger partial charge in [-0.3, -0.25) is 9.89 Å². The zero-order chi connectivity index (χ0) is 20.7. The van der Waals surface area contributed by atoms with Crippen molar-refractivity contribution >= 4 is 44.9 Å². The highest BCUT2D eigenvalue weighted by Crippen LogP contribution is 2.33. The lowest BCUT2D eigenvalue weighted by atomic mass is 9.94. The van der Waals surface area contributed by atoms with E-state index in [1.807, 2.05) is 72.8 Å². The first kappa shape index (κ1) is 18.4. The van der Waals surface area contributed by atoms with Crippen LogP contribution in [0.1, 0.15) is 15.9 Å². The fraction of sp³-hybridized carbons (Fsp3) is 0.0400. The Bertz CT molecular complexity index is 1420. The average Bonchev–Trinajstić information content (AvgIpc) is 3.14. The van der Waals surface area contributed by atoms with E-state index in [9.17, 15) is 4.79 Å². The zero-order valence-corrected chi connectivity index (χ0v) is 16.8. The number of nitrogens with two attached hydrogens (primary N) is 1. The van der Waals surface area contributed by atoms with Crippen molar-refractivity contribution in [1.29, 1.82) is 0 Å². The Morgan fingerprint density at radius 3 is 2.67 bits per heavy atom. The normalized spacial score (nSPS) is 11.2. The summed E-state index contributed by atoms with van der Waals surface area (Å²) in [6, 6.07) is 25.3. The third-order valence-electron chi connectivity index (χ3n) is 5.36. The molecule has 0 spiro atoms. The molecule has 0 aliphatic rings. The summed E-state index contributed by atoms with van der Waals surface area (Å²) < 4.78 is 0. The van der Waals surface area contributed by atoms with Crippen LogP contribution in [0.5, 0.6) is 0 Å². The number of nitrogen functional groups attached to an aromatic ring is 1. The van der Waals surface area contributed by atoms with Crippen LogP contribution in [-0.4, -0.2) is 16.0 Å². The molecule has 0 fully saturated rings. The van der Waals surface area contributed by atoms with Crippen molar-refractivity contribution < 1.29 is 4.79 Å². The van der Waals surface area contributed by atoms with E-state index in [1.165, 1.54) is 0 Å². The fourth-order valence-electron chi connectivity index (χ4n) is 3.96. The van der Waals surface area contributed by atoms with Gasteiger partial charge in [-0.05, 0) is 51.7 Å². The number of H-pyrrole nitrogens is 1. The summed E-state index contributed by atoms with van der Waals surface area (Å²) in [5.41, 5.74) is 10.6. The number of ketones is 1. The van der Waals surface area contributed by atoms with Gasteiger partial charge in [-0.25, -0.2) is 0 Å². The molecule has 3 N–H and O–H groups in total. The van der Waals surface area contributed by atoms with Crippen molar-refractivity contribution in [2.75, 3.05) is 5.73 Å². The molecule has 0 unspecified atom stereocenters. The number of carbonyl (C=O) groups is 1. The minimum atomic E-state index is 0.0665. The molecule has 0 saturated carbocycles. The SMILES string of the molecule is Nc1n[nH]c2cccc(-c3ccc4c(C(=O)Cc5cccc(Cl)c5)cccc4c3)c12. The molecule has 0 aliphatic carbocycles. The number of hydrogen-bond donors (Lipinski definition) is 2. The average molecular weight is 412 g/mol. The van der Waals surface area contributed by atoms with Crippen molar-refractivity contribution in [1.82, 2.24) is 10.2 Å². The number of hydrogen-bond acceptors (Lipinski definition) is 3. The van der Waals surface area contributed by atoms with Gasteiger partial charge in [0.25, 0.3) is 0 Å². The van der Waals surface area contributed by atoms with Crippen LogP contribution in [0.4, 0.5) is 5.82 Å². The van der Waals surface area contributed by atoms with Gasteiger partial charge in [0.05, 0.1) is 10.9 Å². The third kappa shape index (κ3) is 3.21. The Morgan fingerprint density at radius 2 is 1.80 bits per heavy atom. The summed E-state index contributed by atoms with van der Waals surface area (Å²) in [5.74, 6) is 0.544. The summed E-state index contributed by atoms with van der Waals surface area (Å²) in [6.07, 6.45) is 0.312. The minimum absolute atomic E-state index is 0.0665. The number of halogens is 1. The number of fused-ring (bicyclic) bond motifs is 2. The third-order valence-corrected chi connectivity index (χ3v) is 5.60. The van der Waals surface area contributed by atoms with Gasteiger partial charge in [0.1, 0.15) is 0 Å². The van der Waals surface area contributed by atoms with Crippen LogP contribution >= 0.6 is 11.6 Å². The summed E-state index contributed by atoms with van der Waals surface area (Å²) in [7, 11) is 0. The van der Waals surface area contributed by atoms with E-state index in [2.05, 4.69) is 16.3 Å². The summed E-state index contributed by atoms with van der Waals surface area (Å²) in [6.45, 7) is 0. The molecule has 146 valence electrons. The molecule has 0 saturated heterocycles. The number of nitrogens with zero attached hydrogens (tertiary/aromatic N) is 1. The number of aromatic nitrogens is 2. The van der Waals surface area contributed by atoms with E-state index in [-0.39, 0.29) is 5.78 Å². The van der Waals surface area contributed by atoms with Crippen LogP contribution in [0.25, 0.3) is 32.8 Å². The van der Waals surface area contributed by atoms with Crippen LogP contribution in [0, 0.1) is 0 Å². The molecule has 30 heavy (non-hydrogen) atoms. The fourth-order valence-corrected chi connectivity index (χ4v) is 4.17. The second-order valence-corrected chi connectivity index (χ2v) is 7.74. The number of anilines is 1. The first-order valence-electron chi connectivity index (χ1n) is 9.63. The Kier molecular flexibility index (Phi) is 4.49. The van der Waals surface area contributed by atoms with E-state index in [4.69, 9.17) is 17.3 Å². The highest BCUT2D eigenvalue weighted by molar-refractivity contribution is 6.30. The van der Waals surface area contributed by atoms with Gasteiger partial charge in [-0.15, -0.1) is 0 Å². The molecule has 0 aliphatic heterocycles. The molecule has 1 heterocycles. The van der Waals surface area contributed by atoms with Crippen LogP contribution in [0.3, 0.4) is 0 Å². The van der Waals surface area contributed by atoms with Gasteiger partial charge in [0.2, 0.25) is 0 Å². The van der Waals surface area contributed by atoms with Crippen molar-refractivity contribution in [3.8, 4) is 11.1 Å². The monoisotopic (exact) mass is 411 g/mol. The summed E-state index contributed by atoms with van der Waals surface area (Å²) in [5, 5.41) is 10.6. The maximum Gasteiger partial charge on any atom is 0.167 e. The standard InChI is InChI=1S/C25H18ClN3O/c26-18-6-1-4-15(12-18)13-23(30)21-8-2-5-16-14-17(10-11-19(16)21)20-7-3-9-22-24(20)25(27)29-28-22/h1-12,14H,13H2,(H3,27,28,29). The smallest absolute Gasteiger partial charge is 0.167 e. The molecule has 4 nitrogen and oxygen atoms in total. The van der Waals surface area contributed by atoms with Crippen molar-refractivity contribution in [2.24, 2.45) is 0 Å². The zero-order valence-electron chi connectivity index (χ0n) is 16.0. The Morgan fingerprint density at radius 1 is 0.967 bits per heavy atom. The largest absolute Gasteiger partial charge is 0.382 e. The summed E-state index contributed by atoms with van der Waals surface area (Å²) >= 11 is 6.06. The van der Waals surface area contributed by atoms with Crippen molar-refractivity contribution in [2.45, 2.75) is 6.42 Å². The maximum atomic E-state index is 13.0. The van der Waals surface area contributed by atoms with E-state index < -0.39 is 0 Å². The van der Waals surface area contributed by atoms with Crippen LogP contribution in [0.15, 0.2) is 78.9 Å². The first-order chi connectivity index (χ1) is 14.6. The molecule has 0 amide bonds. The number of carbonyl (C=O) groups excluding carboxylic acids is 1.